The van der Waals surface area contributed by atoms with E-state index in [1.165, 1.54) is 5.56 Å². The third-order valence-corrected chi connectivity index (χ3v) is 5.87. The lowest BCUT2D eigenvalue weighted by molar-refractivity contribution is -0.131. The minimum atomic E-state index is -0.0352. The van der Waals surface area contributed by atoms with Gasteiger partial charge in [0.25, 0.3) is 0 Å². The second-order valence-corrected chi connectivity index (χ2v) is 7.28. The van der Waals surface area contributed by atoms with Gasteiger partial charge >= 0.3 is 0 Å². The van der Waals surface area contributed by atoms with Crippen LogP contribution in [0.1, 0.15) is 18.1 Å². The first kappa shape index (κ1) is 19.1. The van der Waals surface area contributed by atoms with Crippen molar-refractivity contribution in [2.45, 2.75) is 25.9 Å². The van der Waals surface area contributed by atoms with Crippen molar-refractivity contribution in [3.63, 3.8) is 0 Å². The molecule has 0 spiro atoms. The van der Waals surface area contributed by atoms with Crippen LogP contribution < -0.4 is 14.2 Å². The third-order valence-electron chi connectivity index (χ3n) is 5.87. The van der Waals surface area contributed by atoms with Gasteiger partial charge in [-0.2, -0.15) is 0 Å². The average molecular weight is 391 g/mol. The highest BCUT2D eigenvalue weighted by Crippen LogP contribution is 2.43. The average Bonchev–Trinajstić information content (AvgIpc) is 2.76. The van der Waals surface area contributed by atoms with Crippen LogP contribution in [0, 0.1) is 0 Å². The predicted octanol–water partition coefficient (Wildman–Crippen LogP) is 4.48. The number of amides is 1. The number of hydrogen-bond donors (Lipinski definition) is 0. The van der Waals surface area contributed by atoms with Crippen LogP contribution in [0.2, 0.25) is 0 Å². The molecule has 4 rings (SSSR count). The molecule has 0 saturated heterocycles. The van der Waals surface area contributed by atoms with Crippen LogP contribution in [-0.4, -0.2) is 38.2 Å². The lowest BCUT2D eigenvalue weighted by Gasteiger charge is -2.36. The van der Waals surface area contributed by atoms with Crippen LogP contribution in [0.3, 0.4) is 0 Å². The van der Waals surface area contributed by atoms with Crippen molar-refractivity contribution in [1.82, 2.24) is 4.90 Å². The molecule has 0 saturated carbocycles. The van der Waals surface area contributed by atoms with Gasteiger partial charge in [-0.1, -0.05) is 12.1 Å². The number of benzene rings is 3. The number of methoxy groups -OCH3 is 3. The van der Waals surface area contributed by atoms with E-state index in [0.29, 0.717) is 24.5 Å². The second kappa shape index (κ2) is 7.32. The molecule has 3 aromatic rings. The maximum absolute atomic E-state index is 12.3. The summed E-state index contributed by atoms with van der Waals surface area (Å²) >= 11 is 0. The lowest BCUT2D eigenvalue weighted by Crippen LogP contribution is -2.42. The quantitative estimate of drug-likeness (QED) is 0.486. The Labute approximate surface area is 170 Å². The van der Waals surface area contributed by atoms with Gasteiger partial charge in [-0.25, -0.2) is 0 Å². The topological polar surface area (TPSA) is 48.0 Å². The molecule has 1 unspecified atom stereocenters. The van der Waals surface area contributed by atoms with E-state index in [2.05, 4.69) is 12.6 Å². The normalized spacial score (nSPS) is 15.9. The number of ether oxygens (including phenoxy) is 3. The fraction of sp³-hybridized carbons (Fsp3) is 0.292. The molecule has 0 N–H and O–H groups in total. The summed E-state index contributed by atoms with van der Waals surface area (Å²) in [5.74, 6) is 2.21. The Bertz CT molecular complexity index is 1140. The fourth-order valence-electron chi connectivity index (χ4n) is 4.39. The highest BCUT2D eigenvalue weighted by Gasteiger charge is 2.29. The van der Waals surface area contributed by atoms with Gasteiger partial charge in [0.2, 0.25) is 5.91 Å². The van der Waals surface area contributed by atoms with Crippen LogP contribution in [0.15, 0.2) is 43.0 Å². The molecule has 1 aliphatic rings. The Hall–Kier alpha value is -3.21. The van der Waals surface area contributed by atoms with E-state index >= 15 is 0 Å². The fourth-order valence-corrected chi connectivity index (χ4v) is 4.39. The van der Waals surface area contributed by atoms with Crippen LogP contribution >= 0.6 is 0 Å². The monoisotopic (exact) mass is 391 g/mol. The molecule has 0 aromatic heterocycles. The summed E-state index contributed by atoms with van der Waals surface area (Å²) in [6, 6.07) is 10.1. The smallest absolute Gasteiger partial charge is 0.220 e. The molecule has 0 bridgehead atoms. The molecule has 29 heavy (non-hydrogen) atoms. The number of hydrogen-bond acceptors (Lipinski definition) is 4. The van der Waals surface area contributed by atoms with Crippen molar-refractivity contribution in [2.24, 2.45) is 0 Å². The number of carbonyl (C=O) groups excluding carboxylic acids is 1. The summed E-state index contributed by atoms with van der Waals surface area (Å²) in [5, 5.41) is 4.37. The van der Waals surface area contributed by atoms with Crippen molar-refractivity contribution in [2.75, 3.05) is 21.3 Å². The highest BCUT2D eigenvalue weighted by atomic mass is 16.5. The van der Waals surface area contributed by atoms with Crippen molar-refractivity contribution >= 4 is 27.5 Å². The Kier molecular flexibility index (Phi) is 4.82. The first-order valence-corrected chi connectivity index (χ1v) is 9.59. The molecule has 3 aromatic carbocycles. The minimum absolute atomic E-state index is 0.0352. The van der Waals surface area contributed by atoms with Gasteiger partial charge in [-0.3, -0.25) is 4.79 Å². The molecule has 0 aliphatic carbocycles. The largest absolute Gasteiger partial charge is 0.497 e. The standard InChI is InChI=1S/C24H25NO4/c1-6-15-9-18-20-11-23(28-4)24(29-5)12-21(20)19-10-16(27-3)7-8-17(19)22(18)13-25(15)14(2)26/h6-8,10-12,15H,1,9,13H2,2-5H3. The van der Waals surface area contributed by atoms with Gasteiger partial charge in [0, 0.05) is 13.5 Å². The van der Waals surface area contributed by atoms with Gasteiger partial charge in [-0.15, -0.1) is 6.58 Å². The Balaban J connectivity index is 2.12. The van der Waals surface area contributed by atoms with Crippen molar-refractivity contribution < 1.29 is 19.0 Å². The summed E-state index contributed by atoms with van der Waals surface area (Å²) in [6.45, 7) is 6.12. The van der Waals surface area contributed by atoms with E-state index in [4.69, 9.17) is 14.2 Å². The zero-order valence-electron chi connectivity index (χ0n) is 17.2. The van der Waals surface area contributed by atoms with Gasteiger partial charge in [-0.05, 0) is 63.4 Å². The van der Waals surface area contributed by atoms with Crippen LogP contribution in [-0.2, 0) is 17.8 Å². The van der Waals surface area contributed by atoms with E-state index in [0.717, 1.165) is 32.9 Å². The van der Waals surface area contributed by atoms with Crippen LogP contribution in [0.4, 0.5) is 0 Å². The molecule has 1 aliphatic heterocycles. The molecule has 1 atom stereocenters. The summed E-state index contributed by atoms with van der Waals surface area (Å²) in [5.41, 5.74) is 2.39. The third kappa shape index (κ3) is 2.97. The molecule has 1 heterocycles. The minimum Gasteiger partial charge on any atom is -0.497 e. The first-order valence-electron chi connectivity index (χ1n) is 9.59. The molecule has 1 amide bonds. The van der Waals surface area contributed by atoms with Gasteiger partial charge in [0.1, 0.15) is 5.75 Å². The van der Waals surface area contributed by atoms with Gasteiger partial charge < -0.3 is 19.1 Å². The van der Waals surface area contributed by atoms with E-state index in [9.17, 15) is 4.79 Å². The zero-order valence-corrected chi connectivity index (χ0v) is 17.2. The molecule has 150 valence electrons. The van der Waals surface area contributed by atoms with Crippen LogP contribution in [0.25, 0.3) is 21.5 Å². The predicted molar refractivity (Wildman–Crippen MR) is 115 cm³/mol. The number of nitrogens with zero attached hydrogens (tertiary/aromatic N) is 1. The summed E-state index contributed by atoms with van der Waals surface area (Å²) in [7, 11) is 4.95. The van der Waals surface area contributed by atoms with E-state index < -0.39 is 0 Å². The Morgan fingerprint density at radius 2 is 1.62 bits per heavy atom. The molecule has 5 nitrogen and oxygen atoms in total. The maximum Gasteiger partial charge on any atom is 0.220 e. The number of carbonyl (C=O) groups is 1. The van der Waals surface area contributed by atoms with Gasteiger partial charge in [0.15, 0.2) is 11.5 Å². The number of rotatable bonds is 4. The summed E-state index contributed by atoms with van der Waals surface area (Å²) < 4.78 is 16.6. The van der Waals surface area contributed by atoms with Crippen LogP contribution in [0.5, 0.6) is 17.2 Å². The molecular weight excluding hydrogens is 366 g/mol. The van der Waals surface area contributed by atoms with Gasteiger partial charge in [0.05, 0.1) is 27.4 Å². The van der Waals surface area contributed by atoms with Crippen molar-refractivity contribution in [3.8, 4) is 17.2 Å². The number of fused-ring (bicyclic) bond motifs is 6. The molecule has 0 fully saturated rings. The first-order chi connectivity index (χ1) is 14.0. The Morgan fingerprint density at radius 3 is 2.21 bits per heavy atom. The maximum atomic E-state index is 12.3. The SMILES string of the molecule is C=CC1Cc2c(c3ccc(OC)cc3c3cc(OC)c(OC)cc23)CN1C(C)=O. The second-order valence-electron chi connectivity index (χ2n) is 7.28. The van der Waals surface area contributed by atoms with E-state index in [1.807, 2.05) is 35.2 Å². The molecule has 0 radical (unpaired) electrons. The van der Waals surface area contributed by atoms with Crippen molar-refractivity contribution in [1.29, 1.82) is 0 Å². The zero-order chi connectivity index (χ0) is 20.7. The van der Waals surface area contributed by atoms with E-state index in [-0.39, 0.29) is 11.9 Å². The molecule has 5 heteroatoms. The molecular formula is C24H25NO4. The van der Waals surface area contributed by atoms with E-state index in [1.54, 1.807) is 28.3 Å². The lowest BCUT2D eigenvalue weighted by atomic mass is 9.84. The van der Waals surface area contributed by atoms with Crippen molar-refractivity contribution in [3.05, 3.63) is 54.1 Å². The Morgan fingerprint density at radius 1 is 0.966 bits per heavy atom. The summed E-state index contributed by atoms with van der Waals surface area (Å²) in [4.78, 5) is 14.2. The summed E-state index contributed by atoms with van der Waals surface area (Å²) in [6.07, 6.45) is 2.57. The highest BCUT2D eigenvalue weighted by molar-refractivity contribution is 6.12.